The lowest BCUT2D eigenvalue weighted by atomic mass is 9.82. The molecule has 3 atom stereocenters. The number of pyridine rings is 1. The number of Topliss-reactive ketones (excluding diaryl/α,β-unsaturated/α-hetero) is 1. The van der Waals surface area contributed by atoms with Crippen molar-refractivity contribution in [3.63, 3.8) is 0 Å². The van der Waals surface area contributed by atoms with Crippen molar-refractivity contribution in [1.82, 2.24) is 25.2 Å². The third-order valence-corrected chi connectivity index (χ3v) is 8.49. The summed E-state index contributed by atoms with van der Waals surface area (Å²) in [5.41, 5.74) is 3.45. The summed E-state index contributed by atoms with van der Waals surface area (Å²) in [5, 5.41) is 9.66. The number of ketones is 1. The monoisotopic (exact) mass is 629 g/mol. The first-order valence-electron chi connectivity index (χ1n) is 15.6. The zero-order valence-corrected chi connectivity index (χ0v) is 26.5. The van der Waals surface area contributed by atoms with Gasteiger partial charge in [0, 0.05) is 31.1 Å². The van der Waals surface area contributed by atoms with Crippen LogP contribution in [0, 0.1) is 0 Å². The van der Waals surface area contributed by atoms with Crippen molar-refractivity contribution in [2.24, 2.45) is 0 Å². The van der Waals surface area contributed by atoms with E-state index in [4.69, 9.17) is 16.6 Å². The number of anilines is 2. The number of hydrogen-bond acceptors (Lipinski definition) is 8. The summed E-state index contributed by atoms with van der Waals surface area (Å²) < 4.78 is 0. The number of hydrogen-bond donors (Lipinski definition) is 3. The summed E-state index contributed by atoms with van der Waals surface area (Å²) in [6, 6.07) is 11.3. The van der Waals surface area contributed by atoms with Gasteiger partial charge in [0.25, 0.3) is 5.91 Å². The molecule has 1 aromatic carbocycles. The van der Waals surface area contributed by atoms with Crippen LogP contribution in [0.3, 0.4) is 0 Å². The minimum atomic E-state index is -0.525. The third kappa shape index (κ3) is 8.73. The van der Waals surface area contributed by atoms with E-state index in [2.05, 4.69) is 32.0 Å². The Morgan fingerprint density at radius 2 is 1.80 bits per heavy atom. The molecule has 5 rings (SSSR count). The fourth-order valence-corrected chi connectivity index (χ4v) is 6.18. The third-order valence-electron chi connectivity index (χ3n) is 8.20. The molecule has 45 heavy (non-hydrogen) atoms. The van der Waals surface area contributed by atoms with E-state index < -0.39 is 5.92 Å². The van der Waals surface area contributed by atoms with E-state index in [1.807, 2.05) is 37.2 Å². The molecule has 0 spiro atoms. The van der Waals surface area contributed by atoms with E-state index in [0.717, 1.165) is 49.7 Å². The average Bonchev–Trinajstić information content (AvgIpc) is 3.01. The van der Waals surface area contributed by atoms with Gasteiger partial charge in [-0.15, -0.1) is 0 Å². The molecule has 11 heteroatoms. The maximum Gasteiger partial charge on any atom is 0.270 e. The Bertz CT molecular complexity index is 1540. The lowest BCUT2D eigenvalue weighted by Gasteiger charge is -2.30. The van der Waals surface area contributed by atoms with Crippen LogP contribution in [-0.4, -0.2) is 70.2 Å². The van der Waals surface area contributed by atoms with Crippen LogP contribution in [0.25, 0.3) is 0 Å². The van der Waals surface area contributed by atoms with E-state index in [0.29, 0.717) is 41.7 Å². The topological polar surface area (TPSA) is 129 Å². The minimum Gasteiger partial charge on any atom is -0.351 e. The highest BCUT2D eigenvalue weighted by molar-refractivity contribution is 6.31. The highest BCUT2D eigenvalue weighted by Crippen LogP contribution is 2.35. The molecule has 1 unspecified atom stereocenters. The van der Waals surface area contributed by atoms with Crippen LogP contribution in [0.2, 0.25) is 5.02 Å². The average molecular weight is 630 g/mol. The van der Waals surface area contributed by atoms with Gasteiger partial charge in [-0.1, -0.05) is 41.9 Å². The highest BCUT2D eigenvalue weighted by atomic mass is 35.5. The normalized spacial score (nSPS) is 20.3. The molecule has 0 aliphatic heterocycles. The Labute approximate surface area is 269 Å². The number of carbonyl (C=O) groups excluding carboxylic acids is 3. The molecule has 0 radical (unpaired) electrons. The van der Waals surface area contributed by atoms with Crippen LogP contribution in [0.15, 0.2) is 60.9 Å². The largest absolute Gasteiger partial charge is 0.351 e. The molecule has 2 aromatic heterocycles. The number of aromatic nitrogens is 3. The molecule has 0 bridgehead atoms. The van der Waals surface area contributed by atoms with Crippen LogP contribution in [0.4, 0.5) is 11.6 Å². The Kier molecular flexibility index (Phi) is 10.9. The molecular formula is C34H40ClN7O3. The molecule has 0 saturated heterocycles. The fraction of sp³-hybridized carbons (Fsp3) is 0.412. The van der Waals surface area contributed by atoms with Gasteiger partial charge < -0.3 is 20.9 Å². The quantitative estimate of drug-likeness (QED) is 0.277. The molecule has 2 aliphatic carbocycles. The van der Waals surface area contributed by atoms with E-state index in [9.17, 15) is 14.4 Å². The summed E-state index contributed by atoms with van der Waals surface area (Å²) in [4.78, 5) is 53.9. The molecule has 2 aliphatic rings. The second-order valence-electron chi connectivity index (χ2n) is 12.0. The van der Waals surface area contributed by atoms with Gasteiger partial charge in [-0.2, -0.15) is 0 Å². The smallest absolute Gasteiger partial charge is 0.270 e. The number of aryl methyl sites for hydroxylation is 1. The predicted molar refractivity (Wildman–Crippen MR) is 176 cm³/mol. The Balaban J connectivity index is 1.20. The van der Waals surface area contributed by atoms with Crippen LogP contribution < -0.4 is 16.0 Å². The van der Waals surface area contributed by atoms with Crippen molar-refractivity contribution in [2.45, 2.75) is 69.4 Å². The van der Waals surface area contributed by atoms with E-state index in [-0.39, 0.29) is 35.4 Å². The molecule has 1 saturated carbocycles. The van der Waals surface area contributed by atoms with Crippen molar-refractivity contribution >= 4 is 40.8 Å². The van der Waals surface area contributed by atoms with Crippen molar-refractivity contribution in [1.29, 1.82) is 0 Å². The number of likely N-dealkylation sites (N-methyl/N-ethyl adjacent to an activating group) is 1. The van der Waals surface area contributed by atoms with Crippen molar-refractivity contribution < 1.29 is 14.4 Å². The minimum absolute atomic E-state index is 0.0319. The zero-order chi connectivity index (χ0) is 31.8. The predicted octanol–water partition coefficient (Wildman–Crippen LogP) is 5.16. The van der Waals surface area contributed by atoms with Crippen molar-refractivity contribution in [2.75, 3.05) is 31.3 Å². The van der Waals surface area contributed by atoms with Gasteiger partial charge in [-0.3, -0.25) is 14.4 Å². The summed E-state index contributed by atoms with van der Waals surface area (Å²) >= 11 is 6.62. The molecule has 2 heterocycles. The Morgan fingerprint density at radius 1 is 1.00 bits per heavy atom. The summed E-state index contributed by atoms with van der Waals surface area (Å²) in [7, 11) is 3.85. The fourth-order valence-electron chi connectivity index (χ4n) is 5.98. The molecule has 3 N–H and O–H groups in total. The van der Waals surface area contributed by atoms with Gasteiger partial charge in [0.15, 0.2) is 0 Å². The van der Waals surface area contributed by atoms with Crippen molar-refractivity contribution in [3.05, 3.63) is 88.5 Å². The first kappa shape index (κ1) is 32.2. The van der Waals surface area contributed by atoms with E-state index >= 15 is 0 Å². The van der Waals surface area contributed by atoms with Crippen molar-refractivity contribution in [3.8, 4) is 0 Å². The highest BCUT2D eigenvalue weighted by Gasteiger charge is 2.30. The lowest BCUT2D eigenvalue weighted by molar-refractivity contribution is -0.120. The Hall–Kier alpha value is -4.15. The molecular weight excluding hydrogens is 590 g/mol. The molecule has 2 amide bonds. The number of carbonyl (C=O) groups is 3. The van der Waals surface area contributed by atoms with Gasteiger partial charge in [0.1, 0.15) is 11.5 Å². The van der Waals surface area contributed by atoms with Crippen LogP contribution in [-0.2, 0) is 16.0 Å². The number of fused-ring (bicyclic) bond motifs is 1. The standard InChI is InChI=1S/C34H40ClN7O3/c1-42(2)18-8-15-30(44)38-25-16-17-28(36-20-25)33(45)39-23-11-7-12-24(19-23)40-34-37-21-27(35)32(41-34)31-26-13-5-3-9-22(26)10-4-6-14-29(31)43/h3,5,8-9,13,15-17,20-21,23-24,31H,4,6-7,10-12,14,18-19H2,1-2H3,(H,38,44)(H,39,45)(H,37,40,41)/b15-8+/t23-,24+,31?/m0/s1. The number of halogens is 1. The number of nitrogens with one attached hydrogen (secondary N) is 3. The number of benzene rings is 1. The molecule has 236 valence electrons. The Morgan fingerprint density at radius 3 is 2.60 bits per heavy atom. The maximum atomic E-state index is 13.4. The number of nitrogens with zero attached hydrogens (tertiary/aromatic N) is 4. The van der Waals surface area contributed by atoms with E-state index in [1.165, 1.54) is 12.3 Å². The lowest BCUT2D eigenvalue weighted by Crippen LogP contribution is -2.42. The number of rotatable bonds is 9. The zero-order valence-electron chi connectivity index (χ0n) is 25.8. The summed E-state index contributed by atoms with van der Waals surface area (Å²) in [6.07, 6.45) is 12.9. The second-order valence-corrected chi connectivity index (χ2v) is 12.4. The van der Waals surface area contributed by atoms with E-state index in [1.54, 1.807) is 24.4 Å². The summed E-state index contributed by atoms with van der Waals surface area (Å²) in [6.45, 7) is 0.659. The van der Waals surface area contributed by atoms with Gasteiger partial charge in [-0.25, -0.2) is 15.0 Å². The van der Waals surface area contributed by atoms with Gasteiger partial charge in [-0.05, 0) is 82.3 Å². The van der Waals surface area contributed by atoms with Crippen LogP contribution in [0.5, 0.6) is 0 Å². The van der Waals surface area contributed by atoms with Gasteiger partial charge >= 0.3 is 0 Å². The maximum absolute atomic E-state index is 13.4. The SMILES string of the molecule is CN(C)C/C=C/C(=O)Nc1ccc(C(=O)N[C@H]2CCC[C@@H](Nc3ncc(Cl)c(C4C(=O)CCCCc5ccccc54)n3)C2)nc1. The first-order chi connectivity index (χ1) is 21.8. The van der Waals surface area contributed by atoms with Crippen LogP contribution >= 0.6 is 11.6 Å². The first-order valence-corrected chi connectivity index (χ1v) is 15.9. The molecule has 1 fully saturated rings. The molecule has 3 aromatic rings. The van der Waals surface area contributed by atoms with Crippen LogP contribution in [0.1, 0.15) is 78.2 Å². The second kappa shape index (κ2) is 15.2. The molecule has 10 nitrogen and oxygen atoms in total. The number of amides is 2. The van der Waals surface area contributed by atoms with Gasteiger partial charge in [0.05, 0.1) is 34.7 Å². The van der Waals surface area contributed by atoms with Gasteiger partial charge in [0.2, 0.25) is 11.9 Å². The summed E-state index contributed by atoms with van der Waals surface area (Å²) in [5.74, 6) is -0.502.